The van der Waals surface area contributed by atoms with E-state index < -0.39 is 94.1 Å². The van der Waals surface area contributed by atoms with Crippen molar-refractivity contribution in [2.45, 2.75) is 257 Å². The van der Waals surface area contributed by atoms with Gasteiger partial charge in [-0.1, -0.05) is 87.0 Å². The summed E-state index contributed by atoms with van der Waals surface area (Å²) >= 11 is 0. The van der Waals surface area contributed by atoms with Gasteiger partial charge in [-0.25, -0.2) is 4.79 Å². The van der Waals surface area contributed by atoms with Gasteiger partial charge in [-0.05, 0) is 139 Å². The molecular weight excluding hydrogens is 935 g/mol. The summed E-state index contributed by atoms with van der Waals surface area (Å²) < 4.78 is 45.7. The minimum atomic E-state index is -2.53. The van der Waals surface area contributed by atoms with E-state index in [0.29, 0.717) is 32.1 Å². The van der Waals surface area contributed by atoms with Crippen LogP contribution in [0.3, 0.4) is 0 Å². The van der Waals surface area contributed by atoms with Crippen LogP contribution >= 0.6 is 0 Å². The number of nitrogens with zero attached hydrogens (tertiary/aromatic N) is 1. The van der Waals surface area contributed by atoms with Crippen molar-refractivity contribution in [2.75, 3.05) is 27.9 Å². The summed E-state index contributed by atoms with van der Waals surface area (Å²) in [7, 11) is 0.299. The van der Waals surface area contributed by atoms with Gasteiger partial charge in [0.2, 0.25) is 5.79 Å². The zero-order valence-corrected chi connectivity index (χ0v) is 50.1. The molecule has 1 aliphatic carbocycles. The van der Waals surface area contributed by atoms with Crippen LogP contribution in [-0.4, -0.2) is 137 Å². The van der Waals surface area contributed by atoms with E-state index in [2.05, 4.69) is 108 Å². The SMILES string of the molecule is CCC1C=C(C)CC(C)CC(OC)C2OC(O)(C(=O)C(=O)N3CCCCC3C(=O)OC(C(C)=CC3CCC(O[Si](C)(C)C(C)(C)C)C(OC)C3)C(C)C(O[Si](C)(C)C(C)(C)C)CC1(C)O)C(C)CC2OC. The number of amides is 1. The average Bonchev–Trinajstić information content (AvgIpc) is 3.27. The highest BCUT2D eigenvalue weighted by atomic mass is 28.4. The summed E-state index contributed by atoms with van der Waals surface area (Å²) in [5.74, 6) is -6.53. The first-order valence-electron chi connectivity index (χ1n) is 27.2. The second kappa shape index (κ2) is 24.5. The lowest BCUT2D eigenvalue weighted by Crippen LogP contribution is -2.64. The van der Waals surface area contributed by atoms with Gasteiger partial charge in [0.25, 0.3) is 11.7 Å². The molecule has 15 unspecified atom stereocenters. The van der Waals surface area contributed by atoms with Crippen LogP contribution in [0, 0.1) is 29.6 Å². The third kappa shape index (κ3) is 14.8. The van der Waals surface area contributed by atoms with Crippen molar-refractivity contribution in [3.63, 3.8) is 0 Å². The predicted molar refractivity (Wildman–Crippen MR) is 286 cm³/mol. The number of methoxy groups -OCH3 is 3. The monoisotopic (exact) mass is 1040 g/mol. The van der Waals surface area contributed by atoms with Crippen LogP contribution in [0.2, 0.25) is 36.3 Å². The van der Waals surface area contributed by atoms with Crippen LogP contribution in [-0.2, 0) is 46.9 Å². The number of esters is 1. The molecule has 15 atom stereocenters. The van der Waals surface area contributed by atoms with E-state index in [-0.39, 0.29) is 65.8 Å². The van der Waals surface area contributed by atoms with E-state index in [1.807, 2.05) is 13.8 Å². The standard InChI is InChI=1S/C56H101NO12Si2/c1-21-41-29-35(2)28-36(3)30-45(64-15)49-46(65-16)32-38(5)56(62,67-49)50(58)51(59)57-27-23-22-24-42(57)52(60)66-48(39(6)47(34-55(41,13)61)69-71(19,20)54(10,11)12)37(4)31-40-25-26-43(44(33-40)63-14)68-70(17,18)53(7,8)9/h29,31,36,38-49,61-62H,21-28,30,32-34H2,1-20H3. The van der Waals surface area contributed by atoms with Gasteiger partial charge in [0.05, 0.1) is 36.1 Å². The number of aliphatic hydroxyl groups is 2. The molecule has 0 aromatic heterocycles. The van der Waals surface area contributed by atoms with Crippen LogP contribution in [0.4, 0.5) is 0 Å². The Bertz CT molecular complexity index is 1850. The number of ketones is 1. The summed E-state index contributed by atoms with van der Waals surface area (Å²) in [6.07, 6.45) is 7.26. The molecule has 13 nitrogen and oxygen atoms in total. The Balaban J connectivity index is 1.90. The van der Waals surface area contributed by atoms with Crippen LogP contribution in [0.1, 0.15) is 161 Å². The van der Waals surface area contributed by atoms with Crippen molar-refractivity contribution in [3.05, 3.63) is 23.3 Å². The lowest BCUT2D eigenvalue weighted by molar-refractivity contribution is -0.302. The largest absolute Gasteiger partial charge is 0.456 e. The fourth-order valence-electron chi connectivity index (χ4n) is 11.3. The Labute approximate surface area is 432 Å². The zero-order valence-electron chi connectivity index (χ0n) is 48.1. The maximum Gasteiger partial charge on any atom is 0.329 e. The summed E-state index contributed by atoms with van der Waals surface area (Å²) in [4.78, 5) is 45.7. The van der Waals surface area contributed by atoms with Gasteiger partial charge in [-0.2, -0.15) is 0 Å². The number of carbonyl (C=O) groups excluding carboxylic acids is 3. The molecule has 2 bridgehead atoms. The summed E-state index contributed by atoms with van der Waals surface area (Å²) in [6, 6.07) is -1.09. The maximum absolute atomic E-state index is 15.1. The van der Waals surface area contributed by atoms with Gasteiger partial charge < -0.3 is 47.6 Å². The summed E-state index contributed by atoms with van der Waals surface area (Å²) in [5, 5.41) is 25.0. The molecule has 15 heteroatoms. The number of ether oxygens (including phenoxy) is 5. The van der Waals surface area contributed by atoms with E-state index in [1.165, 1.54) is 4.90 Å². The van der Waals surface area contributed by atoms with Crippen molar-refractivity contribution in [1.29, 1.82) is 0 Å². The second-order valence-electron chi connectivity index (χ2n) is 25.7. The Morgan fingerprint density at radius 2 is 1.38 bits per heavy atom. The smallest absolute Gasteiger partial charge is 0.329 e. The van der Waals surface area contributed by atoms with Gasteiger partial charge >= 0.3 is 5.97 Å². The van der Waals surface area contributed by atoms with Gasteiger partial charge in [0.15, 0.2) is 16.6 Å². The number of cyclic esters (lactones) is 1. The Hall–Kier alpha value is -1.80. The molecule has 3 heterocycles. The molecular formula is C56H101NO12Si2. The van der Waals surface area contributed by atoms with Crippen molar-refractivity contribution in [1.82, 2.24) is 4.90 Å². The van der Waals surface area contributed by atoms with Crippen LogP contribution < -0.4 is 0 Å². The molecule has 0 spiro atoms. The number of Topliss-reactive ketones (excluding diaryl/α,β-unsaturated/α-hetero) is 1. The first-order chi connectivity index (χ1) is 32.7. The van der Waals surface area contributed by atoms with Gasteiger partial charge in [0.1, 0.15) is 18.2 Å². The summed E-state index contributed by atoms with van der Waals surface area (Å²) in [6.45, 7) is 36.5. The van der Waals surface area contributed by atoms with Crippen molar-refractivity contribution >= 4 is 34.3 Å². The maximum atomic E-state index is 15.1. The molecule has 1 saturated carbocycles. The van der Waals surface area contributed by atoms with Crippen molar-refractivity contribution < 1.29 is 57.1 Å². The van der Waals surface area contributed by atoms with Gasteiger partial charge in [-0.3, -0.25) is 9.59 Å². The van der Waals surface area contributed by atoms with E-state index >= 15 is 4.79 Å². The third-order valence-electron chi connectivity index (χ3n) is 17.9. The molecule has 2 N–H and O–H groups in total. The molecule has 0 radical (unpaired) electrons. The number of piperidine rings is 1. The second-order valence-corrected chi connectivity index (χ2v) is 35.3. The van der Waals surface area contributed by atoms with Gasteiger partial charge in [0, 0.05) is 52.0 Å². The van der Waals surface area contributed by atoms with Crippen LogP contribution in [0.25, 0.3) is 0 Å². The predicted octanol–water partition coefficient (Wildman–Crippen LogP) is 10.7. The third-order valence-corrected chi connectivity index (χ3v) is 26.9. The lowest BCUT2D eigenvalue weighted by Gasteiger charge is -2.47. The lowest BCUT2D eigenvalue weighted by atomic mass is 9.77. The number of hydrogen-bond donors (Lipinski definition) is 2. The molecule has 2 saturated heterocycles. The van der Waals surface area contributed by atoms with E-state index in [0.717, 1.165) is 30.4 Å². The molecule has 0 aromatic carbocycles. The molecule has 71 heavy (non-hydrogen) atoms. The number of fused-ring (bicyclic) bond motifs is 3. The number of hydrogen-bond acceptors (Lipinski definition) is 12. The molecule has 0 aromatic rings. The minimum absolute atomic E-state index is 0.0277. The molecule has 4 aliphatic rings. The highest BCUT2D eigenvalue weighted by molar-refractivity contribution is 6.74. The zero-order chi connectivity index (χ0) is 53.8. The Morgan fingerprint density at radius 1 is 0.817 bits per heavy atom. The van der Waals surface area contributed by atoms with E-state index in [1.54, 1.807) is 28.3 Å². The highest BCUT2D eigenvalue weighted by Crippen LogP contribution is 2.45. The normalized spacial score (nSPS) is 37.7. The molecule has 4 rings (SSSR count). The Morgan fingerprint density at radius 3 is 1.93 bits per heavy atom. The van der Waals surface area contributed by atoms with E-state index in [4.69, 9.17) is 32.5 Å². The number of rotatable bonds is 10. The number of carbonyl (C=O) groups is 3. The van der Waals surface area contributed by atoms with Crippen molar-refractivity contribution in [3.8, 4) is 0 Å². The molecule has 1 amide bonds. The molecule has 3 aliphatic heterocycles. The molecule has 3 fully saturated rings. The van der Waals surface area contributed by atoms with E-state index in [9.17, 15) is 19.8 Å². The highest BCUT2D eigenvalue weighted by Gasteiger charge is 2.57. The summed E-state index contributed by atoms with van der Waals surface area (Å²) in [5.41, 5.74) is 0.743. The topological polar surface area (TPSA) is 160 Å². The minimum Gasteiger partial charge on any atom is -0.456 e. The first-order valence-corrected chi connectivity index (χ1v) is 33.0. The fourth-order valence-corrected chi connectivity index (χ4v) is 14.0. The quantitative estimate of drug-likeness (QED) is 0.0924. The van der Waals surface area contributed by atoms with Crippen LogP contribution in [0.5, 0.6) is 0 Å². The number of allylic oxidation sites excluding steroid dienone is 2. The van der Waals surface area contributed by atoms with Crippen molar-refractivity contribution in [2.24, 2.45) is 29.6 Å². The fraction of sp³-hybridized carbons (Fsp3) is 0.875. The van der Waals surface area contributed by atoms with Crippen LogP contribution in [0.15, 0.2) is 23.3 Å². The average molecular weight is 1040 g/mol. The Kier molecular flexibility index (Phi) is 21.3. The molecule has 410 valence electrons. The van der Waals surface area contributed by atoms with Gasteiger partial charge in [-0.15, -0.1) is 0 Å². The first kappa shape index (κ1) is 61.7.